The van der Waals surface area contributed by atoms with Crippen molar-refractivity contribution in [1.29, 1.82) is 0 Å². The van der Waals surface area contributed by atoms with E-state index in [9.17, 15) is 0 Å². The van der Waals surface area contributed by atoms with Crippen molar-refractivity contribution in [2.45, 2.75) is 25.7 Å². The molecule has 8 rings (SSSR count). The van der Waals surface area contributed by atoms with E-state index in [0.717, 1.165) is 34.2 Å². The SMILES string of the molecule is Cc1ccc(-c2ccc3c(c2)[C]([Zr][C]2=C4C=CC=CC4c4ccc(-c5ccc(C)o5)cc42)=C2C=CC=CC23)o1. The van der Waals surface area contributed by atoms with E-state index < -0.39 is 23.2 Å². The number of furan rings is 2. The van der Waals surface area contributed by atoms with Crippen molar-refractivity contribution in [3.8, 4) is 22.6 Å². The second kappa shape index (κ2) is 8.93. The molecule has 2 aromatic heterocycles. The molecule has 3 heteroatoms. The number of fused-ring (bicyclic) bond motifs is 6. The van der Waals surface area contributed by atoms with Crippen molar-refractivity contribution in [3.05, 3.63) is 154 Å². The van der Waals surface area contributed by atoms with Crippen LogP contribution in [0.1, 0.15) is 45.6 Å². The maximum absolute atomic E-state index is 6.03. The van der Waals surface area contributed by atoms with Gasteiger partial charge in [0.25, 0.3) is 0 Å². The fraction of sp³-hybridized carbons (Fsp3) is 0.111. The zero-order valence-corrected chi connectivity index (χ0v) is 24.3. The van der Waals surface area contributed by atoms with Gasteiger partial charge in [0.2, 0.25) is 0 Å². The van der Waals surface area contributed by atoms with Gasteiger partial charge in [0.05, 0.1) is 0 Å². The normalized spacial score (nSPS) is 19.9. The molecule has 0 N–H and O–H groups in total. The van der Waals surface area contributed by atoms with Gasteiger partial charge in [0, 0.05) is 0 Å². The number of benzene rings is 2. The molecular weight excluding hydrogens is 556 g/mol. The molecule has 0 saturated carbocycles. The summed E-state index contributed by atoms with van der Waals surface area (Å²) in [5, 5.41) is 0. The summed E-state index contributed by atoms with van der Waals surface area (Å²) in [4.78, 5) is 0. The van der Waals surface area contributed by atoms with Gasteiger partial charge in [-0.2, -0.15) is 0 Å². The molecule has 4 aromatic rings. The summed E-state index contributed by atoms with van der Waals surface area (Å²) in [6.07, 6.45) is 18.2. The Bertz CT molecular complexity index is 1730. The van der Waals surface area contributed by atoms with Gasteiger partial charge in [0.1, 0.15) is 0 Å². The van der Waals surface area contributed by atoms with E-state index in [1.165, 1.54) is 33.4 Å². The van der Waals surface area contributed by atoms with E-state index in [1.807, 2.05) is 26.0 Å². The van der Waals surface area contributed by atoms with Crippen LogP contribution >= 0.6 is 0 Å². The Morgan fingerprint density at radius 2 is 1.05 bits per heavy atom. The van der Waals surface area contributed by atoms with Gasteiger partial charge >= 0.3 is 241 Å². The van der Waals surface area contributed by atoms with Crippen LogP contribution in [0.4, 0.5) is 0 Å². The standard InChI is InChI=1S/2C18H13O.Zr/c2*1-12-6-9-18(19-12)14-7-8-17-15(11-14)10-13-4-2-3-5-16(13)17;/h2*2-9,11,16H,1H3;. The van der Waals surface area contributed by atoms with Crippen LogP contribution in [-0.2, 0) is 23.2 Å². The Labute approximate surface area is 240 Å². The van der Waals surface area contributed by atoms with Gasteiger partial charge in [-0.05, 0) is 0 Å². The molecule has 2 nitrogen and oxygen atoms in total. The number of rotatable bonds is 4. The Kier molecular flexibility index (Phi) is 5.32. The van der Waals surface area contributed by atoms with E-state index in [0.29, 0.717) is 11.8 Å². The van der Waals surface area contributed by atoms with E-state index in [4.69, 9.17) is 8.83 Å². The molecule has 0 fully saturated rings. The summed E-state index contributed by atoms with van der Waals surface area (Å²) >= 11 is -1.22. The third-order valence-corrected chi connectivity index (χ3v) is 12.2. The van der Waals surface area contributed by atoms with Gasteiger partial charge in [0.15, 0.2) is 0 Å². The van der Waals surface area contributed by atoms with E-state index in [-0.39, 0.29) is 0 Å². The van der Waals surface area contributed by atoms with Crippen molar-refractivity contribution in [2.24, 2.45) is 0 Å². The molecule has 186 valence electrons. The molecule has 0 amide bonds. The molecule has 2 unspecified atom stereocenters. The predicted molar refractivity (Wildman–Crippen MR) is 154 cm³/mol. The van der Waals surface area contributed by atoms with Crippen molar-refractivity contribution in [3.63, 3.8) is 0 Å². The predicted octanol–water partition coefficient (Wildman–Crippen LogP) is 9.47. The van der Waals surface area contributed by atoms with Gasteiger partial charge in [-0.1, -0.05) is 0 Å². The minimum atomic E-state index is -1.22. The topological polar surface area (TPSA) is 26.3 Å². The fourth-order valence-corrected chi connectivity index (χ4v) is 10.6. The molecule has 4 aliphatic carbocycles. The van der Waals surface area contributed by atoms with Crippen LogP contribution in [-0.4, -0.2) is 0 Å². The molecule has 0 aliphatic heterocycles. The molecule has 0 bridgehead atoms. The van der Waals surface area contributed by atoms with Crippen LogP contribution in [0.2, 0.25) is 0 Å². The first-order valence-corrected chi connectivity index (χ1v) is 16.0. The second-order valence-corrected chi connectivity index (χ2v) is 13.7. The molecule has 2 heterocycles. The molecule has 0 radical (unpaired) electrons. The van der Waals surface area contributed by atoms with Crippen molar-refractivity contribution < 1.29 is 32.1 Å². The first-order valence-electron chi connectivity index (χ1n) is 13.5. The number of allylic oxidation sites excluding steroid dienone is 10. The number of aryl methyl sites for hydroxylation is 2. The number of hydrogen-bond acceptors (Lipinski definition) is 2. The Balaban J connectivity index is 1.28. The van der Waals surface area contributed by atoms with E-state index in [2.05, 4.69) is 97.1 Å². The van der Waals surface area contributed by atoms with Crippen LogP contribution < -0.4 is 0 Å². The van der Waals surface area contributed by atoms with Crippen LogP contribution in [0.3, 0.4) is 0 Å². The minimum absolute atomic E-state index is 0.342. The summed E-state index contributed by atoms with van der Waals surface area (Å²) in [5.74, 6) is 4.46. The zero-order chi connectivity index (χ0) is 26.1. The monoisotopic (exact) mass is 580 g/mol. The average Bonchev–Trinajstić information content (AvgIpc) is 3.74. The van der Waals surface area contributed by atoms with Crippen LogP contribution in [0.5, 0.6) is 0 Å². The van der Waals surface area contributed by atoms with Crippen molar-refractivity contribution >= 4 is 6.56 Å². The zero-order valence-electron chi connectivity index (χ0n) is 21.9. The summed E-state index contributed by atoms with van der Waals surface area (Å²) in [6.45, 7) is 4.02. The van der Waals surface area contributed by atoms with Crippen molar-refractivity contribution in [2.75, 3.05) is 0 Å². The Morgan fingerprint density at radius 3 is 1.49 bits per heavy atom. The molecule has 4 aliphatic rings. The fourth-order valence-electron chi connectivity index (χ4n) is 6.39. The van der Waals surface area contributed by atoms with E-state index >= 15 is 0 Å². The summed E-state index contributed by atoms with van der Waals surface area (Å²) < 4.78 is 15.2. The summed E-state index contributed by atoms with van der Waals surface area (Å²) in [7, 11) is 0. The third-order valence-electron chi connectivity index (χ3n) is 8.24. The van der Waals surface area contributed by atoms with Gasteiger partial charge in [-0.3, -0.25) is 0 Å². The Hall–Kier alpha value is -3.68. The molecule has 2 aromatic carbocycles. The molecule has 39 heavy (non-hydrogen) atoms. The van der Waals surface area contributed by atoms with Gasteiger partial charge in [-0.15, -0.1) is 0 Å². The molecule has 2 atom stereocenters. The summed E-state index contributed by atoms with van der Waals surface area (Å²) in [5.41, 5.74) is 11.0. The first kappa shape index (κ1) is 23.2. The quantitative estimate of drug-likeness (QED) is 0.240. The van der Waals surface area contributed by atoms with Gasteiger partial charge < -0.3 is 0 Å². The van der Waals surface area contributed by atoms with Crippen LogP contribution in [0.25, 0.3) is 29.2 Å². The van der Waals surface area contributed by atoms with Crippen LogP contribution in [0.15, 0.2) is 129 Å². The molecule has 0 saturated heterocycles. The second-order valence-electron chi connectivity index (χ2n) is 10.7. The first-order chi connectivity index (χ1) is 19.1. The average molecular weight is 582 g/mol. The van der Waals surface area contributed by atoms with E-state index in [1.54, 1.807) is 6.56 Å². The van der Waals surface area contributed by atoms with Crippen molar-refractivity contribution in [1.82, 2.24) is 0 Å². The maximum atomic E-state index is 6.03. The van der Waals surface area contributed by atoms with Gasteiger partial charge in [-0.25, -0.2) is 0 Å². The molecule has 0 spiro atoms. The Morgan fingerprint density at radius 1 is 0.564 bits per heavy atom. The third kappa shape index (κ3) is 3.71. The number of hydrogen-bond donors (Lipinski definition) is 0. The molecular formula is C36H26O2Zr. The van der Waals surface area contributed by atoms with Crippen LogP contribution in [0, 0.1) is 13.8 Å². The summed E-state index contributed by atoms with van der Waals surface area (Å²) in [6, 6.07) is 22.1.